The third-order valence-corrected chi connectivity index (χ3v) is 26.5. The Morgan fingerprint density at radius 2 is 0.532 bits per heavy atom. The first-order chi connectivity index (χ1) is 62.2. The molecule has 27 rings (SSSR count). The zero-order chi connectivity index (χ0) is 83.8. The number of hydrogen-bond acceptors (Lipinski definition) is 4. The predicted molar refractivity (Wildman–Crippen MR) is 532 cm³/mol. The highest BCUT2D eigenvalue weighted by Gasteiger charge is 2.24. The summed E-state index contributed by atoms with van der Waals surface area (Å²) in [5.41, 5.74) is 28.5. The number of aromatic nitrogens is 8. The van der Waals surface area contributed by atoms with Gasteiger partial charge < -0.3 is 22.7 Å². The molecule has 10 heterocycles. The molecule has 126 heavy (non-hydrogen) atoms. The van der Waals surface area contributed by atoms with Crippen molar-refractivity contribution in [3.63, 3.8) is 0 Å². The molecule has 10 aromatic heterocycles. The monoisotopic (exact) mass is 1630 g/mol. The number of para-hydroxylation sites is 9. The molecule has 0 bridgehead atoms. The minimum absolute atomic E-state index is 0.821. The molecule has 0 unspecified atom stereocenters. The van der Waals surface area contributed by atoms with Crippen molar-refractivity contribution in [2.24, 2.45) is 0 Å². The van der Waals surface area contributed by atoms with E-state index in [9.17, 15) is 0 Å². The number of nitrogens with zero attached hydrogens (tertiary/aromatic N) is 8. The molecule has 0 aliphatic rings. The first-order valence-electron chi connectivity index (χ1n) is 43.0. The Hall–Kier alpha value is -16.1. The maximum atomic E-state index is 6.25. The lowest BCUT2D eigenvalue weighted by Crippen LogP contribution is -1.97. The minimum Gasteiger partial charge on any atom is -0.452 e. The summed E-state index contributed by atoms with van der Waals surface area (Å²) in [6.45, 7) is 8.58. The minimum atomic E-state index is 0.821. The maximum absolute atomic E-state index is 6.25. The fourth-order valence-electron chi connectivity index (χ4n) is 19.8. The highest BCUT2D eigenvalue weighted by atomic mass is 32.1. The number of hydrogen-bond donors (Lipinski definition) is 0. The summed E-state index contributed by atoms with van der Waals surface area (Å²) in [7, 11) is 0. The van der Waals surface area contributed by atoms with Gasteiger partial charge in [-0.3, -0.25) is 9.13 Å². The van der Waals surface area contributed by atoms with Gasteiger partial charge in [-0.05, 0) is 220 Å². The predicted octanol–water partition coefficient (Wildman–Crippen LogP) is 31.3. The van der Waals surface area contributed by atoms with Crippen LogP contribution in [0, 0.1) is 27.7 Å². The lowest BCUT2D eigenvalue weighted by atomic mass is 10.0. The van der Waals surface area contributed by atoms with Crippen LogP contribution < -0.4 is 0 Å². The molecule has 9 nitrogen and oxygen atoms in total. The lowest BCUT2D eigenvalue weighted by Gasteiger charge is -2.10. The highest BCUT2D eigenvalue weighted by molar-refractivity contribution is 7.26. The van der Waals surface area contributed by atoms with E-state index < -0.39 is 0 Å². The number of thiophene rings is 1. The molecule has 0 aliphatic heterocycles. The average Bonchev–Trinajstić information content (AvgIpc) is 1.59. The summed E-state index contributed by atoms with van der Waals surface area (Å²) in [5.74, 6) is 1.85. The van der Waals surface area contributed by atoms with Crippen molar-refractivity contribution in [2.75, 3.05) is 0 Å². The van der Waals surface area contributed by atoms with Crippen LogP contribution in [0.25, 0.3) is 218 Å². The van der Waals surface area contributed by atoms with Gasteiger partial charge >= 0.3 is 0 Å². The van der Waals surface area contributed by atoms with E-state index >= 15 is 0 Å². The van der Waals surface area contributed by atoms with Crippen LogP contribution in [0.2, 0.25) is 0 Å². The van der Waals surface area contributed by atoms with Crippen molar-refractivity contribution in [1.82, 2.24) is 37.4 Å². The van der Waals surface area contributed by atoms with Crippen LogP contribution in [0.4, 0.5) is 0 Å². The average molecular weight is 1630 g/mol. The molecule has 0 N–H and O–H groups in total. The van der Waals surface area contributed by atoms with Crippen molar-refractivity contribution in [1.29, 1.82) is 0 Å². The zero-order valence-corrected chi connectivity index (χ0v) is 70.5. The Balaban J connectivity index is 0.0000000950. The fraction of sp³-hybridized carbons (Fsp3) is 0.0345. The molecular weight excluding hydrogens is 1550 g/mol. The number of aryl methyl sites for hydroxylation is 4. The van der Waals surface area contributed by atoms with Crippen LogP contribution in [-0.2, 0) is 0 Å². The van der Waals surface area contributed by atoms with E-state index in [0.29, 0.717) is 0 Å². The van der Waals surface area contributed by atoms with E-state index in [1.807, 2.05) is 48.0 Å². The quantitative estimate of drug-likeness (QED) is 0.160. The molecule has 17 aromatic carbocycles. The van der Waals surface area contributed by atoms with Gasteiger partial charge in [-0.25, -0.2) is 9.97 Å². The van der Waals surface area contributed by atoms with Gasteiger partial charge in [-0.1, -0.05) is 242 Å². The first kappa shape index (κ1) is 73.8. The second-order valence-corrected chi connectivity index (χ2v) is 34.1. The molecule has 0 aliphatic carbocycles. The van der Waals surface area contributed by atoms with Gasteiger partial charge in [0.05, 0.1) is 70.9 Å². The van der Waals surface area contributed by atoms with Crippen LogP contribution in [0.1, 0.15) is 22.3 Å². The van der Waals surface area contributed by atoms with Gasteiger partial charge in [0.1, 0.15) is 5.58 Å². The molecule has 27 aromatic rings. The summed E-state index contributed by atoms with van der Waals surface area (Å²) < 4.78 is 22.9. The highest BCUT2D eigenvalue weighted by Crippen LogP contribution is 2.45. The van der Waals surface area contributed by atoms with Crippen LogP contribution in [0.3, 0.4) is 0 Å². The zero-order valence-electron chi connectivity index (χ0n) is 69.7. The van der Waals surface area contributed by atoms with Crippen LogP contribution >= 0.6 is 11.3 Å². The summed E-state index contributed by atoms with van der Waals surface area (Å²) in [6, 6.07) is 144. The topological polar surface area (TPSA) is 68.5 Å². The van der Waals surface area contributed by atoms with E-state index in [4.69, 9.17) is 14.4 Å². The summed E-state index contributed by atoms with van der Waals surface area (Å²) >= 11 is 1.82. The number of furan rings is 1. The Morgan fingerprint density at radius 3 is 1.02 bits per heavy atom. The Bertz CT molecular complexity index is 8790. The van der Waals surface area contributed by atoms with Crippen LogP contribution in [0.15, 0.2) is 417 Å². The third kappa shape index (κ3) is 12.0. The molecule has 0 atom stereocenters. The number of fused-ring (bicyclic) bond motifs is 24. The number of pyridine rings is 2. The molecule has 0 saturated heterocycles. The van der Waals surface area contributed by atoms with E-state index in [1.54, 1.807) is 0 Å². The third-order valence-electron chi connectivity index (χ3n) is 25.3. The van der Waals surface area contributed by atoms with Gasteiger partial charge in [0, 0.05) is 126 Å². The van der Waals surface area contributed by atoms with E-state index in [2.05, 4.69) is 431 Å². The van der Waals surface area contributed by atoms with Gasteiger partial charge in [0.15, 0.2) is 17.2 Å². The van der Waals surface area contributed by atoms with E-state index in [1.165, 1.54) is 196 Å². The Labute approximate surface area is 729 Å². The Morgan fingerprint density at radius 1 is 0.206 bits per heavy atom. The van der Waals surface area contributed by atoms with Crippen molar-refractivity contribution < 1.29 is 4.42 Å². The summed E-state index contributed by atoms with van der Waals surface area (Å²) in [6.07, 6.45) is 3.81. The van der Waals surface area contributed by atoms with Crippen LogP contribution in [0.5, 0.6) is 0 Å². The van der Waals surface area contributed by atoms with Gasteiger partial charge in [0.2, 0.25) is 0 Å². The van der Waals surface area contributed by atoms with Crippen LogP contribution in [-0.4, -0.2) is 37.4 Å². The molecule has 10 heteroatoms. The Kier molecular flexibility index (Phi) is 17.5. The molecule has 0 radical (unpaired) electrons. The second-order valence-electron chi connectivity index (χ2n) is 33.1. The smallest absolute Gasteiger partial charge is 0.181 e. The molecule has 0 fully saturated rings. The molecule has 0 amide bonds. The standard InChI is InChI=1S/C37H26N2.C31H22N2.C24H16N2O.C24H16N2S/c1-25-10-9-13-29(22-25)39-35-17-8-6-15-31(35)33-24-27(19-21-37(33)39)26-18-20-36-32(23-26)30-14-5-7-16-34(30)38(36)28-11-3-2-4-12-28;1-21-9-8-10-22(19-21)32-30-16-7-4-13-26(30)27-20-23(17-18-31(27)32)33-28-14-5-2-11-24(28)25-12-3-6-15-29(25)33;2*1-15-10-11-21-19(14-15)16-6-2-4-8-20(16)26(21)24-23-18(12-13-25-24)17-7-3-5-9-22(17)27-23/h2-24H,1H3;2-20H,1H3;2*2-14H,1H3. The molecule has 596 valence electrons. The lowest BCUT2D eigenvalue weighted by molar-refractivity contribution is 0.663. The summed E-state index contributed by atoms with van der Waals surface area (Å²) in [4.78, 5) is 9.58. The van der Waals surface area contributed by atoms with Crippen molar-refractivity contribution >= 4 is 184 Å². The summed E-state index contributed by atoms with van der Waals surface area (Å²) in [5, 5.41) is 20.0. The molecule has 0 spiro atoms. The SMILES string of the molecule is Cc1ccc2c(c1)c1ccccc1n2-c1nccc2c1oc1ccccc12.Cc1ccc2c(c1)c1ccccc1n2-c1nccc2c1sc1ccccc12.Cc1cccc(-n2c3ccccc3c3cc(-c4ccc5c(c4)c4ccccc4n5-c4ccccc4)ccc32)c1.Cc1cccc(-n2c3ccccc3c3cc(-n4c5ccccc5c5ccccc54)ccc32)c1. The van der Waals surface area contributed by atoms with Crippen molar-refractivity contribution in [2.45, 2.75) is 27.7 Å². The maximum Gasteiger partial charge on any atom is 0.181 e. The number of rotatable bonds is 7. The largest absolute Gasteiger partial charge is 0.452 e. The number of benzene rings is 17. The van der Waals surface area contributed by atoms with Crippen molar-refractivity contribution in [3.05, 3.63) is 435 Å². The van der Waals surface area contributed by atoms with Gasteiger partial charge in [0.25, 0.3) is 0 Å². The molecular formula is C116H80N8OS. The van der Waals surface area contributed by atoms with Gasteiger partial charge in [-0.15, -0.1) is 11.3 Å². The van der Waals surface area contributed by atoms with E-state index in [-0.39, 0.29) is 0 Å². The molecule has 0 saturated carbocycles. The normalized spacial score (nSPS) is 11.8. The van der Waals surface area contributed by atoms with Crippen molar-refractivity contribution in [3.8, 4) is 45.5 Å². The first-order valence-corrected chi connectivity index (χ1v) is 43.8. The van der Waals surface area contributed by atoms with Gasteiger partial charge in [-0.2, -0.15) is 0 Å². The second kappa shape index (κ2) is 29.9. The fourth-order valence-corrected chi connectivity index (χ4v) is 21.0. The van der Waals surface area contributed by atoms with E-state index in [0.717, 1.165) is 44.6 Å².